The second-order valence-corrected chi connectivity index (χ2v) is 6.44. The fraction of sp³-hybridized carbons (Fsp3) is 0.0667. The number of anilines is 1. The Balaban J connectivity index is 2.18. The van der Waals surface area contributed by atoms with Crippen LogP contribution >= 0.6 is 0 Å². The number of hydrogen-bond donors (Lipinski definition) is 3. The highest BCUT2D eigenvalue weighted by Crippen LogP contribution is 2.17. The van der Waals surface area contributed by atoms with Crippen LogP contribution in [0.4, 0.5) is 5.69 Å². The van der Waals surface area contributed by atoms with Crippen LogP contribution in [0.2, 0.25) is 0 Å². The Kier molecular flexibility index (Phi) is 4.65. The third-order valence-electron chi connectivity index (χ3n) is 2.92. The molecule has 0 aliphatic heterocycles. The Labute approximate surface area is 134 Å². The number of guanidine groups is 1. The summed E-state index contributed by atoms with van der Waals surface area (Å²) in [5.74, 6) is -0.824. The molecule has 7 nitrogen and oxygen atoms in total. The van der Waals surface area contributed by atoms with E-state index in [1.807, 2.05) is 13.0 Å². The monoisotopic (exact) mass is 332 g/mol. The van der Waals surface area contributed by atoms with Gasteiger partial charge in [-0.15, -0.1) is 4.40 Å². The number of hydrogen-bond acceptors (Lipinski definition) is 3. The van der Waals surface area contributed by atoms with Crippen molar-refractivity contribution in [1.29, 1.82) is 0 Å². The molecule has 0 saturated carbocycles. The lowest BCUT2D eigenvalue weighted by molar-refractivity contribution is 0.102. The molecule has 0 aliphatic rings. The number of nitrogens with two attached hydrogens (primary N) is 2. The normalized spacial score (nSPS) is 10.8. The van der Waals surface area contributed by atoms with E-state index < -0.39 is 16.0 Å². The predicted octanol–water partition coefficient (Wildman–Crippen LogP) is 1.21. The van der Waals surface area contributed by atoms with Gasteiger partial charge in [0.1, 0.15) is 0 Å². The number of nitrogens with one attached hydrogen (secondary N) is 1. The van der Waals surface area contributed by atoms with Crippen molar-refractivity contribution in [3.63, 3.8) is 0 Å². The fourth-order valence-electron chi connectivity index (χ4n) is 1.89. The summed E-state index contributed by atoms with van der Waals surface area (Å²) in [4.78, 5) is 12.0. The summed E-state index contributed by atoms with van der Waals surface area (Å²) in [5.41, 5.74) is 12.1. The van der Waals surface area contributed by atoms with Crippen LogP contribution in [0.1, 0.15) is 15.9 Å². The largest absolute Gasteiger partial charge is 0.369 e. The van der Waals surface area contributed by atoms with E-state index in [1.165, 1.54) is 24.3 Å². The zero-order valence-electron chi connectivity index (χ0n) is 12.4. The van der Waals surface area contributed by atoms with Gasteiger partial charge in [-0.05, 0) is 43.3 Å². The summed E-state index contributed by atoms with van der Waals surface area (Å²) < 4.78 is 26.8. The maximum absolute atomic E-state index is 12.1. The zero-order chi connectivity index (χ0) is 17.0. The Morgan fingerprint density at radius 1 is 1.09 bits per heavy atom. The summed E-state index contributed by atoms with van der Waals surface area (Å²) >= 11 is 0. The van der Waals surface area contributed by atoms with Gasteiger partial charge in [0.15, 0.2) is 0 Å². The highest BCUT2D eigenvalue weighted by Gasteiger charge is 2.13. The van der Waals surface area contributed by atoms with Gasteiger partial charge < -0.3 is 16.8 Å². The molecule has 1 amide bonds. The quantitative estimate of drug-likeness (QED) is 0.573. The second kappa shape index (κ2) is 6.49. The number of aryl methyl sites for hydroxylation is 1. The second-order valence-electron chi connectivity index (χ2n) is 4.84. The zero-order valence-corrected chi connectivity index (χ0v) is 13.2. The van der Waals surface area contributed by atoms with Crippen molar-refractivity contribution in [1.82, 2.24) is 0 Å². The maximum atomic E-state index is 12.1. The molecule has 0 saturated heterocycles. The fourth-order valence-corrected chi connectivity index (χ4v) is 2.75. The topological polar surface area (TPSA) is 128 Å². The van der Waals surface area contributed by atoms with E-state index in [0.29, 0.717) is 11.3 Å². The molecule has 0 aliphatic carbocycles. The number of carbonyl (C=O) groups excluding carboxylic acids is 1. The molecular weight excluding hydrogens is 316 g/mol. The standard InChI is InChI=1S/C15H16N4O3S/c1-10-3-2-4-11(9-10)14(20)18-12-5-7-13(8-6-12)23(21,22)19-15(16)17/h2-9H,1H3,(H,18,20)(H4,16,17,19). The minimum absolute atomic E-state index is 0.0699. The number of carbonyl (C=O) groups is 1. The van der Waals surface area contributed by atoms with Crippen molar-refractivity contribution in [2.24, 2.45) is 15.9 Å². The van der Waals surface area contributed by atoms with Crippen molar-refractivity contribution >= 4 is 27.6 Å². The van der Waals surface area contributed by atoms with Crippen LogP contribution in [0.15, 0.2) is 57.8 Å². The Hall–Kier alpha value is -2.87. The molecule has 0 aromatic heterocycles. The van der Waals surface area contributed by atoms with Gasteiger partial charge in [0, 0.05) is 11.3 Å². The van der Waals surface area contributed by atoms with Crippen LogP contribution in [0.5, 0.6) is 0 Å². The molecular formula is C15H16N4O3S. The van der Waals surface area contributed by atoms with Gasteiger partial charge in [-0.25, -0.2) is 0 Å². The molecule has 5 N–H and O–H groups in total. The third-order valence-corrected chi connectivity index (χ3v) is 4.23. The summed E-state index contributed by atoms with van der Waals surface area (Å²) in [6, 6.07) is 12.7. The van der Waals surface area contributed by atoms with Gasteiger partial charge >= 0.3 is 0 Å². The summed E-state index contributed by atoms with van der Waals surface area (Å²) in [6.45, 7) is 1.89. The molecule has 23 heavy (non-hydrogen) atoms. The van der Waals surface area contributed by atoms with E-state index in [4.69, 9.17) is 11.5 Å². The number of benzene rings is 2. The Bertz CT molecular complexity index is 855. The van der Waals surface area contributed by atoms with Crippen LogP contribution in [-0.4, -0.2) is 20.3 Å². The lowest BCUT2D eigenvalue weighted by Crippen LogP contribution is -2.24. The molecule has 8 heteroatoms. The molecule has 0 bridgehead atoms. The average molecular weight is 332 g/mol. The van der Waals surface area contributed by atoms with Crippen molar-refractivity contribution in [3.05, 3.63) is 59.7 Å². The van der Waals surface area contributed by atoms with E-state index >= 15 is 0 Å². The van der Waals surface area contributed by atoms with Crippen molar-refractivity contribution in [2.45, 2.75) is 11.8 Å². The molecule has 0 fully saturated rings. The van der Waals surface area contributed by atoms with E-state index in [0.717, 1.165) is 5.56 Å². The smallest absolute Gasteiger partial charge is 0.285 e. The first-order valence-corrected chi connectivity index (χ1v) is 8.06. The summed E-state index contributed by atoms with van der Waals surface area (Å²) in [7, 11) is -3.94. The van der Waals surface area contributed by atoms with Gasteiger partial charge in [0.25, 0.3) is 15.9 Å². The van der Waals surface area contributed by atoms with E-state index in [-0.39, 0.29) is 10.8 Å². The van der Waals surface area contributed by atoms with E-state index in [9.17, 15) is 13.2 Å². The Morgan fingerprint density at radius 2 is 1.74 bits per heavy atom. The molecule has 0 unspecified atom stereocenters. The number of amides is 1. The third kappa shape index (κ3) is 4.30. The average Bonchev–Trinajstić information content (AvgIpc) is 2.46. The summed E-state index contributed by atoms with van der Waals surface area (Å²) in [5, 5.41) is 2.69. The first kappa shape index (κ1) is 16.5. The van der Waals surface area contributed by atoms with Gasteiger partial charge in [0.05, 0.1) is 4.90 Å². The summed E-state index contributed by atoms with van der Waals surface area (Å²) in [6.07, 6.45) is 0. The van der Waals surface area contributed by atoms with Crippen LogP contribution in [0.25, 0.3) is 0 Å². The predicted molar refractivity (Wildman–Crippen MR) is 88.6 cm³/mol. The van der Waals surface area contributed by atoms with Crippen LogP contribution in [0, 0.1) is 6.92 Å². The molecule has 0 atom stereocenters. The number of rotatable bonds is 4. The molecule has 2 aromatic rings. The van der Waals surface area contributed by atoms with Gasteiger partial charge in [-0.3, -0.25) is 4.79 Å². The first-order chi connectivity index (χ1) is 10.8. The van der Waals surface area contributed by atoms with Crippen LogP contribution in [0.3, 0.4) is 0 Å². The SMILES string of the molecule is Cc1cccc(C(=O)Nc2ccc(S(=O)(=O)N=C(N)N)cc2)c1. The van der Waals surface area contributed by atoms with Gasteiger partial charge in [-0.1, -0.05) is 17.7 Å². The first-order valence-electron chi connectivity index (χ1n) is 6.62. The minimum Gasteiger partial charge on any atom is -0.369 e. The lowest BCUT2D eigenvalue weighted by atomic mass is 10.1. The molecule has 2 aromatic carbocycles. The molecule has 2 rings (SSSR count). The van der Waals surface area contributed by atoms with Gasteiger partial charge in [0.2, 0.25) is 5.96 Å². The minimum atomic E-state index is -3.94. The van der Waals surface area contributed by atoms with Crippen molar-refractivity contribution < 1.29 is 13.2 Å². The van der Waals surface area contributed by atoms with Crippen LogP contribution in [-0.2, 0) is 10.0 Å². The van der Waals surface area contributed by atoms with Crippen molar-refractivity contribution in [2.75, 3.05) is 5.32 Å². The lowest BCUT2D eigenvalue weighted by Gasteiger charge is -2.07. The maximum Gasteiger partial charge on any atom is 0.285 e. The number of nitrogens with zero attached hydrogens (tertiary/aromatic N) is 1. The Morgan fingerprint density at radius 3 is 2.30 bits per heavy atom. The van der Waals surface area contributed by atoms with Crippen LogP contribution < -0.4 is 16.8 Å². The highest BCUT2D eigenvalue weighted by molar-refractivity contribution is 7.90. The highest BCUT2D eigenvalue weighted by atomic mass is 32.2. The molecule has 0 heterocycles. The molecule has 120 valence electrons. The van der Waals surface area contributed by atoms with E-state index in [1.54, 1.807) is 18.2 Å². The van der Waals surface area contributed by atoms with Gasteiger partial charge in [-0.2, -0.15) is 8.42 Å². The van der Waals surface area contributed by atoms with Crippen molar-refractivity contribution in [3.8, 4) is 0 Å². The van der Waals surface area contributed by atoms with E-state index in [2.05, 4.69) is 9.71 Å². The number of sulfonamides is 1. The molecule has 0 radical (unpaired) electrons. The molecule has 0 spiro atoms.